The van der Waals surface area contributed by atoms with Gasteiger partial charge in [0.05, 0.1) is 25.4 Å². The molecule has 7 heteroatoms. The Kier molecular flexibility index (Phi) is 3.51. The van der Waals surface area contributed by atoms with Crippen molar-refractivity contribution in [3.63, 3.8) is 0 Å². The van der Waals surface area contributed by atoms with Crippen LogP contribution in [0.15, 0.2) is 42.2 Å². The predicted molar refractivity (Wildman–Crippen MR) is 85.9 cm³/mol. The standard InChI is InChI=1S/C16H15N3O3S/c20-8-12-11-3-1-2-4-14(11)22-6-5-18(12)16(21)13-9-23-15-7-17-10-19(13)15/h1-4,7,9-10,12,20H,5-6,8H2. The number of aliphatic hydroxyl groups excluding tert-OH is 1. The molecule has 1 aromatic carbocycles. The Hall–Kier alpha value is -2.38. The van der Waals surface area contributed by atoms with Crippen molar-refractivity contribution < 1.29 is 14.6 Å². The molecule has 0 saturated carbocycles. The number of aliphatic hydroxyl groups is 1. The number of fused-ring (bicyclic) bond motifs is 2. The molecule has 1 amide bonds. The summed E-state index contributed by atoms with van der Waals surface area (Å²) in [7, 11) is 0. The van der Waals surface area contributed by atoms with Crippen LogP contribution in [0.1, 0.15) is 22.1 Å². The third-order valence-electron chi connectivity index (χ3n) is 4.05. The average Bonchev–Trinajstić information content (AvgIpc) is 3.13. The topological polar surface area (TPSA) is 67.1 Å². The smallest absolute Gasteiger partial charge is 0.272 e. The van der Waals surface area contributed by atoms with Gasteiger partial charge in [0.1, 0.15) is 29.2 Å². The summed E-state index contributed by atoms with van der Waals surface area (Å²) in [5.74, 6) is 0.591. The molecule has 0 spiro atoms. The van der Waals surface area contributed by atoms with Crippen molar-refractivity contribution >= 4 is 22.1 Å². The minimum atomic E-state index is -0.417. The van der Waals surface area contributed by atoms with E-state index in [0.717, 1.165) is 16.1 Å². The molecule has 0 radical (unpaired) electrons. The van der Waals surface area contributed by atoms with Crippen molar-refractivity contribution in [3.8, 4) is 5.75 Å². The Balaban J connectivity index is 1.75. The van der Waals surface area contributed by atoms with Gasteiger partial charge in [-0.2, -0.15) is 0 Å². The van der Waals surface area contributed by atoms with E-state index in [-0.39, 0.29) is 12.5 Å². The molecule has 3 aromatic rings. The molecule has 1 aliphatic heterocycles. The summed E-state index contributed by atoms with van der Waals surface area (Å²) in [5, 5.41) is 11.7. The van der Waals surface area contributed by atoms with Crippen LogP contribution in [0.3, 0.4) is 0 Å². The fraction of sp³-hybridized carbons (Fsp3) is 0.250. The highest BCUT2D eigenvalue weighted by atomic mass is 32.1. The Bertz CT molecular complexity index is 857. The average molecular weight is 329 g/mol. The molecule has 23 heavy (non-hydrogen) atoms. The number of nitrogens with zero attached hydrogens (tertiary/aromatic N) is 3. The van der Waals surface area contributed by atoms with E-state index < -0.39 is 6.04 Å². The van der Waals surface area contributed by atoms with Crippen LogP contribution in [0.5, 0.6) is 5.75 Å². The molecule has 0 bridgehead atoms. The summed E-state index contributed by atoms with van der Waals surface area (Å²) in [6.07, 6.45) is 3.36. The third-order valence-corrected chi connectivity index (χ3v) is 4.94. The fourth-order valence-electron chi connectivity index (χ4n) is 2.93. The van der Waals surface area contributed by atoms with Gasteiger partial charge in [0.2, 0.25) is 0 Å². The van der Waals surface area contributed by atoms with Crippen molar-refractivity contribution in [2.24, 2.45) is 0 Å². The van der Waals surface area contributed by atoms with Gasteiger partial charge in [0, 0.05) is 10.9 Å². The number of para-hydroxylation sites is 1. The van der Waals surface area contributed by atoms with E-state index in [1.54, 1.807) is 21.8 Å². The van der Waals surface area contributed by atoms with Crippen LogP contribution < -0.4 is 4.74 Å². The van der Waals surface area contributed by atoms with Gasteiger partial charge < -0.3 is 14.7 Å². The Morgan fingerprint density at radius 3 is 3.17 bits per heavy atom. The molecule has 4 rings (SSSR count). The Morgan fingerprint density at radius 2 is 2.30 bits per heavy atom. The number of aromatic nitrogens is 2. The molecule has 1 unspecified atom stereocenters. The second kappa shape index (κ2) is 5.68. The quantitative estimate of drug-likeness (QED) is 0.780. The minimum absolute atomic E-state index is 0.131. The first kappa shape index (κ1) is 14.2. The van der Waals surface area contributed by atoms with E-state index >= 15 is 0 Å². The molecule has 0 saturated heterocycles. The number of ether oxygens (including phenoxy) is 1. The lowest BCUT2D eigenvalue weighted by molar-refractivity contribution is 0.0578. The molecule has 3 heterocycles. The summed E-state index contributed by atoms with van der Waals surface area (Å²) in [6, 6.07) is 7.11. The largest absolute Gasteiger partial charge is 0.491 e. The van der Waals surface area contributed by atoms with Crippen LogP contribution >= 0.6 is 11.3 Å². The van der Waals surface area contributed by atoms with Gasteiger partial charge in [0.25, 0.3) is 5.91 Å². The van der Waals surface area contributed by atoms with Gasteiger partial charge in [-0.25, -0.2) is 4.98 Å². The number of hydrogen-bond donors (Lipinski definition) is 1. The van der Waals surface area contributed by atoms with Crippen LogP contribution in [0, 0.1) is 0 Å². The zero-order chi connectivity index (χ0) is 15.8. The van der Waals surface area contributed by atoms with Gasteiger partial charge in [-0.3, -0.25) is 9.20 Å². The second-order valence-electron chi connectivity index (χ2n) is 5.31. The van der Waals surface area contributed by atoms with Crippen LogP contribution in [0.2, 0.25) is 0 Å². The second-order valence-corrected chi connectivity index (χ2v) is 6.20. The Labute approximate surface area is 136 Å². The summed E-state index contributed by atoms with van der Waals surface area (Å²) >= 11 is 1.47. The highest BCUT2D eigenvalue weighted by molar-refractivity contribution is 7.15. The molecule has 1 aliphatic rings. The van der Waals surface area contributed by atoms with Crippen LogP contribution in [0.25, 0.3) is 4.83 Å². The molecule has 0 aliphatic carbocycles. The first-order valence-corrected chi connectivity index (χ1v) is 8.20. The summed E-state index contributed by atoms with van der Waals surface area (Å²) in [6.45, 7) is 0.671. The number of imidazole rings is 1. The third kappa shape index (κ3) is 2.29. The highest BCUT2D eigenvalue weighted by Gasteiger charge is 2.31. The van der Waals surface area contributed by atoms with E-state index in [4.69, 9.17) is 4.74 Å². The molecule has 1 N–H and O–H groups in total. The van der Waals surface area contributed by atoms with Crippen LogP contribution in [-0.4, -0.2) is 45.1 Å². The van der Waals surface area contributed by atoms with Gasteiger partial charge in [-0.15, -0.1) is 11.3 Å². The van der Waals surface area contributed by atoms with Crippen molar-refractivity contribution in [2.45, 2.75) is 6.04 Å². The zero-order valence-electron chi connectivity index (χ0n) is 12.3. The maximum Gasteiger partial charge on any atom is 0.272 e. The van der Waals surface area contributed by atoms with E-state index in [0.29, 0.717) is 18.8 Å². The van der Waals surface area contributed by atoms with Crippen molar-refractivity contribution in [2.75, 3.05) is 19.8 Å². The highest BCUT2D eigenvalue weighted by Crippen LogP contribution is 2.32. The summed E-state index contributed by atoms with van der Waals surface area (Å²) in [4.78, 5) is 19.7. The maximum absolute atomic E-state index is 13.0. The van der Waals surface area contributed by atoms with Crippen molar-refractivity contribution in [1.82, 2.24) is 14.3 Å². The van der Waals surface area contributed by atoms with E-state index in [9.17, 15) is 9.90 Å². The van der Waals surface area contributed by atoms with Crippen molar-refractivity contribution in [3.05, 3.63) is 53.4 Å². The fourth-order valence-corrected chi connectivity index (χ4v) is 3.76. The number of hydrogen-bond acceptors (Lipinski definition) is 5. The van der Waals surface area contributed by atoms with Gasteiger partial charge in [-0.05, 0) is 6.07 Å². The number of amides is 1. The van der Waals surface area contributed by atoms with E-state index in [1.807, 2.05) is 29.6 Å². The predicted octanol–water partition coefficient (Wildman–Crippen LogP) is 1.96. The molecule has 1 atom stereocenters. The SMILES string of the molecule is O=C(c1csc2cncn12)N1CCOc2ccccc2C1CO. The van der Waals surface area contributed by atoms with E-state index in [1.165, 1.54) is 11.3 Å². The number of thiazole rings is 1. The normalized spacial score (nSPS) is 17.6. The zero-order valence-corrected chi connectivity index (χ0v) is 13.1. The molecule has 118 valence electrons. The number of benzene rings is 1. The number of carbonyl (C=O) groups is 1. The lowest BCUT2D eigenvalue weighted by Crippen LogP contribution is -2.38. The Morgan fingerprint density at radius 1 is 1.43 bits per heavy atom. The molecule has 6 nitrogen and oxygen atoms in total. The first-order valence-electron chi connectivity index (χ1n) is 7.32. The molecular weight excluding hydrogens is 314 g/mol. The number of rotatable bonds is 2. The number of carbonyl (C=O) groups excluding carboxylic acids is 1. The molecular formula is C16H15N3O3S. The molecule has 2 aromatic heterocycles. The first-order chi connectivity index (χ1) is 11.3. The van der Waals surface area contributed by atoms with E-state index in [2.05, 4.69) is 4.98 Å². The van der Waals surface area contributed by atoms with Crippen LogP contribution in [-0.2, 0) is 0 Å². The summed E-state index contributed by atoms with van der Waals surface area (Å²) in [5.41, 5.74) is 1.39. The monoisotopic (exact) mass is 329 g/mol. The summed E-state index contributed by atoms with van der Waals surface area (Å²) < 4.78 is 7.51. The van der Waals surface area contributed by atoms with Gasteiger partial charge in [-0.1, -0.05) is 18.2 Å². The van der Waals surface area contributed by atoms with Crippen LogP contribution in [0.4, 0.5) is 0 Å². The lowest BCUT2D eigenvalue weighted by Gasteiger charge is -2.28. The van der Waals surface area contributed by atoms with Gasteiger partial charge >= 0.3 is 0 Å². The molecule has 0 fully saturated rings. The van der Waals surface area contributed by atoms with Crippen molar-refractivity contribution in [1.29, 1.82) is 0 Å². The minimum Gasteiger partial charge on any atom is -0.491 e. The van der Waals surface area contributed by atoms with Gasteiger partial charge in [0.15, 0.2) is 0 Å². The maximum atomic E-state index is 13.0. The lowest BCUT2D eigenvalue weighted by atomic mass is 10.0.